The summed E-state index contributed by atoms with van der Waals surface area (Å²) in [5, 5.41) is 2.85. The smallest absolute Gasteiger partial charge is 0.306 e. The van der Waals surface area contributed by atoms with Gasteiger partial charge in [-0.05, 0) is 72.0 Å². The fraction of sp³-hybridized carbons (Fsp3) is 0.400. The maximum absolute atomic E-state index is 14.6. The number of ether oxygens (including phenoxy) is 1. The molecule has 1 N–H and O–H groups in total. The van der Waals surface area contributed by atoms with Crippen LogP contribution in [0.4, 0.5) is 0 Å². The van der Waals surface area contributed by atoms with Crippen molar-refractivity contribution in [1.29, 1.82) is 0 Å². The zero-order valence-electron chi connectivity index (χ0n) is 22.8. The zero-order chi connectivity index (χ0) is 29.4. The highest BCUT2D eigenvalue weighted by atomic mass is 35.5. The quantitative estimate of drug-likeness (QED) is 0.259. The van der Waals surface area contributed by atoms with E-state index in [1.807, 2.05) is 35.2 Å². The molecule has 7 nitrogen and oxygen atoms in total. The lowest BCUT2D eigenvalue weighted by Crippen LogP contribution is -2.59. The second-order valence-corrected chi connectivity index (χ2v) is 14.9. The predicted octanol–water partition coefficient (Wildman–Crippen LogP) is 6.44. The monoisotopic (exact) mass is 634 g/mol. The topological polar surface area (TPSA) is 92.8 Å². The molecule has 4 atom stereocenters. The van der Waals surface area contributed by atoms with Crippen molar-refractivity contribution in [2.24, 2.45) is 11.3 Å². The molecule has 218 valence electrons. The van der Waals surface area contributed by atoms with Crippen LogP contribution in [-0.4, -0.2) is 44.9 Å². The standard InChI is InChI=1S/C30H32Cl2N2O5S2/c1-30(17-26(35)39-2)16-24(21-5-3-6-23(32)15-21)28(20-10-12-22(31)13-11-20)34(29(30)36)25(19-8-9-19)18-33-41(37,38)27-7-4-14-40-27/h3-7,10-15,19,24-25,28,33H,8-9,16-18H2,1-2H3/t24?,25-,28?,30-/m1/s1. The van der Waals surface area contributed by atoms with Crippen molar-refractivity contribution in [3.8, 4) is 0 Å². The Hall–Kier alpha value is -2.43. The largest absolute Gasteiger partial charge is 0.469 e. The van der Waals surface area contributed by atoms with E-state index in [-0.39, 0.29) is 34.9 Å². The van der Waals surface area contributed by atoms with Gasteiger partial charge in [-0.3, -0.25) is 9.59 Å². The summed E-state index contributed by atoms with van der Waals surface area (Å²) in [7, 11) is -2.45. The second-order valence-electron chi connectivity index (χ2n) is 11.1. The highest BCUT2D eigenvalue weighted by Gasteiger charge is 2.54. The summed E-state index contributed by atoms with van der Waals surface area (Å²) >= 11 is 13.8. The average Bonchev–Trinajstić information content (AvgIpc) is 3.62. The fourth-order valence-corrected chi connectivity index (χ4v) is 8.37. The number of hydrogen-bond acceptors (Lipinski definition) is 6. The Morgan fingerprint density at radius 3 is 2.44 bits per heavy atom. The van der Waals surface area contributed by atoms with E-state index in [0.29, 0.717) is 16.5 Å². The molecule has 0 spiro atoms. The number of carbonyl (C=O) groups is 2. The van der Waals surface area contributed by atoms with Gasteiger partial charge in [0, 0.05) is 28.5 Å². The van der Waals surface area contributed by atoms with Crippen LogP contribution in [0.1, 0.15) is 55.7 Å². The first-order valence-corrected chi connectivity index (χ1v) is 16.6. The number of piperidine rings is 1. The molecule has 11 heteroatoms. The first-order chi connectivity index (χ1) is 19.5. The number of esters is 1. The molecule has 1 aliphatic carbocycles. The minimum absolute atomic E-state index is 0.0529. The van der Waals surface area contributed by atoms with E-state index in [4.69, 9.17) is 27.9 Å². The van der Waals surface area contributed by atoms with Crippen LogP contribution >= 0.6 is 34.5 Å². The molecule has 2 unspecified atom stereocenters. The van der Waals surface area contributed by atoms with Crippen LogP contribution in [0.5, 0.6) is 0 Å². The minimum Gasteiger partial charge on any atom is -0.469 e. The van der Waals surface area contributed by atoms with Gasteiger partial charge >= 0.3 is 5.97 Å². The molecule has 3 aromatic rings. The molecule has 41 heavy (non-hydrogen) atoms. The summed E-state index contributed by atoms with van der Waals surface area (Å²) in [5.41, 5.74) is 0.724. The summed E-state index contributed by atoms with van der Waals surface area (Å²) in [6.45, 7) is 1.85. The molecule has 1 saturated carbocycles. The summed E-state index contributed by atoms with van der Waals surface area (Å²) in [5.74, 6) is -0.803. The van der Waals surface area contributed by atoms with E-state index < -0.39 is 33.5 Å². The van der Waals surface area contributed by atoms with Crippen molar-refractivity contribution in [1.82, 2.24) is 9.62 Å². The molecule has 2 aliphatic rings. The maximum Gasteiger partial charge on any atom is 0.306 e. The Morgan fingerprint density at radius 1 is 1.10 bits per heavy atom. The molecule has 2 fully saturated rings. The molecule has 5 rings (SSSR count). The Kier molecular flexibility index (Phi) is 8.83. The van der Waals surface area contributed by atoms with E-state index in [1.165, 1.54) is 7.11 Å². The van der Waals surface area contributed by atoms with Crippen molar-refractivity contribution >= 4 is 56.4 Å². The van der Waals surface area contributed by atoms with E-state index in [0.717, 1.165) is 35.3 Å². The Balaban J connectivity index is 1.63. The number of nitrogens with zero attached hydrogens (tertiary/aromatic N) is 1. The SMILES string of the molecule is COC(=O)C[C@@]1(C)CC(c2cccc(Cl)c2)C(c2ccc(Cl)cc2)N([C@H](CNS(=O)(=O)c2cccs2)C2CC2)C1=O. The average molecular weight is 636 g/mol. The zero-order valence-corrected chi connectivity index (χ0v) is 25.9. The van der Waals surface area contributed by atoms with Gasteiger partial charge in [-0.2, -0.15) is 0 Å². The molecule has 1 saturated heterocycles. The lowest BCUT2D eigenvalue weighted by molar-refractivity contribution is -0.162. The van der Waals surface area contributed by atoms with Crippen LogP contribution in [0.25, 0.3) is 0 Å². The van der Waals surface area contributed by atoms with E-state index in [1.54, 1.807) is 42.6 Å². The molecule has 1 amide bonds. The molecule has 1 aromatic heterocycles. The number of nitrogens with one attached hydrogen (secondary N) is 1. The normalized spacial score (nSPS) is 23.8. The van der Waals surface area contributed by atoms with Gasteiger partial charge in [0.15, 0.2) is 0 Å². The first kappa shape index (κ1) is 30.0. The number of thiophene rings is 1. The predicted molar refractivity (Wildman–Crippen MR) is 161 cm³/mol. The number of carbonyl (C=O) groups excluding carboxylic acids is 2. The summed E-state index contributed by atoms with van der Waals surface area (Å²) in [6, 6.07) is 17.3. The molecule has 0 bridgehead atoms. The van der Waals surface area contributed by atoms with Crippen LogP contribution in [-0.2, 0) is 24.3 Å². The van der Waals surface area contributed by atoms with Gasteiger partial charge in [0.05, 0.1) is 25.0 Å². The van der Waals surface area contributed by atoms with Gasteiger partial charge < -0.3 is 9.64 Å². The Bertz CT molecular complexity index is 1510. The highest BCUT2D eigenvalue weighted by molar-refractivity contribution is 7.91. The molecular weight excluding hydrogens is 603 g/mol. The third-order valence-electron chi connectivity index (χ3n) is 8.12. The number of sulfonamides is 1. The van der Waals surface area contributed by atoms with Crippen molar-refractivity contribution in [3.05, 3.63) is 87.2 Å². The third kappa shape index (κ3) is 6.49. The Labute approximate surface area is 254 Å². The molecule has 1 aliphatic heterocycles. The molecule has 0 radical (unpaired) electrons. The van der Waals surface area contributed by atoms with Gasteiger partial charge in [-0.15, -0.1) is 11.3 Å². The number of amides is 1. The van der Waals surface area contributed by atoms with E-state index >= 15 is 0 Å². The van der Waals surface area contributed by atoms with E-state index in [9.17, 15) is 18.0 Å². The van der Waals surface area contributed by atoms with Gasteiger partial charge in [-0.25, -0.2) is 13.1 Å². The van der Waals surface area contributed by atoms with Crippen molar-refractivity contribution < 1.29 is 22.7 Å². The highest BCUT2D eigenvalue weighted by Crippen LogP contribution is 2.54. The second kappa shape index (κ2) is 12.1. The first-order valence-electron chi connectivity index (χ1n) is 13.5. The van der Waals surface area contributed by atoms with Crippen LogP contribution in [0.2, 0.25) is 10.0 Å². The van der Waals surface area contributed by atoms with Gasteiger partial charge in [0.1, 0.15) is 4.21 Å². The number of benzene rings is 2. The summed E-state index contributed by atoms with van der Waals surface area (Å²) < 4.78 is 34.3. The van der Waals surface area contributed by atoms with Crippen LogP contribution in [0, 0.1) is 11.3 Å². The number of halogens is 2. The van der Waals surface area contributed by atoms with Crippen molar-refractivity contribution in [3.63, 3.8) is 0 Å². The molecule has 2 aromatic carbocycles. The summed E-state index contributed by atoms with van der Waals surface area (Å²) in [4.78, 5) is 29.1. The number of rotatable bonds is 10. The Morgan fingerprint density at radius 2 is 1.83 bits per heavy atom. The number of hydrogen-bond donors (Lipinski definition) is 1. The molecular formula is C30H32Cl2N2O5S2. The van der Waals surface area contributed by atoms with Crippen LogP contribution in [0.3, 0.4) is 0 Å². The van der Waals surface area contributed by atoms with Gasteiger partial charge in [0.25, 0.3) is 0 Å². The molecule has 2 heterocycles. The van der Waals surface area contributed by atoms with Crippen LogP contribution < -0.4 is 4.72 Å². The third-order valence-corrected chi connectivity index (χ3v) is 11.4. The van der Waals surface area contributed by atoms with Crippen molar-refractivity contribution in [2.75, 3.05) is 13.7 Å². The lowest BCUT2D eigenvalue weighted by Gasteiger charge is -2.52. The number of likely N-dealkylation sites (tertiary alicyclic amines) is 1. The van der Waals surface area contributed by atoms with Gasteiger partial charge in [0.2, 0.25) is 15.9 Å². The van der Waals surface area contributed by atoms with E-state index in [2.05, 4.69) is 4.72 Å². The van der Waals surface area contributed by atoms with Gasteiger partial charge in [-0.1, -0.05) is 60.5 Å². The number of methoxy groups -OCH3 is 1. The summed E-state index contributed by atoms with van der Waals surface area (Å²) in [6.07, 6.45) is 2.03. The maximum atomic E-state index is 14.6. The lowest BCUT2D eigenvalue weighted by atomic mass is 9.67. The van der Waals surface area contributed by atoms with Crippen LogP contribution in [0.15, 0.2) is 70.3 Å². The minimum atomic E-state index is -3.76. The van der Waals surface area contributed by atoms with Crippen molar-refractivity contribution in [2.45, 2.75) is 54.8 Å². The fourth-order valence-electron chi connectivity index (χ4n) is 5.96.